The third-order valence-corrected chi connectivity index (χ3v) is 4.86. The predicted octanol–water partition coefficient (Wildman–Crippen LogP) is 5.03. The zero-order valence-electron chi connectivity index (χ0n) is 12.5. The lowest BCUT2D eigenvalue weighted by Crippen LogP contribution is -2.13. The summed E-state index contributed by atoms with van der Waals surface area (Å²) in [5, 5.41) is 12.4. The number of nitrogens with zero attached hydrogens (tertiary/aromatic N) is 1. The quantitative estimate of drug-likeness (QED) is 0.537. The molecule has 0 bridgehead atoms. The van der Waals surface area contributed by atoms with Crippen molar-refractivity contribution in [3.63, 3.8) is 0 Å². The highest BCUT2D eigenvalue weighted by Crippen LogP contribution is 2.37. The van der Waals surface area contributed by atoms with Crippen molar-refractivity contribution in [3.8, 4) is 17.6 Å². The number of hydrogen-bond donors (Lipinski definition) is 1. The first-order valence-corrected chi connectivity index (χ1v) is 8.51. The molecule has 0 aliphatic carbocycles. The van der Waals surface area contributed by atoms with Crippen molar-refractivity contribution in [2.45, 2.75) is 0 Å². The SMILES string of the molecule is N#C/C(=C\c1cc2c(cc1Br)OCO2)C(=O)Nc1cccc(Cl)c1Cl. The molecule has 0 saturated heterocycles. The van der Waals surface area contributed by atoms with E-state index < -0.39 is 5.91 Å². The number of nitriles is 1. The summed E-state index contributed by atoms with van der Waals surface area (Å²) in [6.07, 6.45) is 1.44. The second-order valence-corrected chi connectivity index (χ2v) is 6.59. The molecule has 0 unspecified atom stereocenters. The molecule has 126 valence electrons. The van der Waals surface area contributed by atoms with Crippen molar-refractivity contribution >= 4 is 56.8 Å². The highest BCUT2D eigenvalue weighted by atomic mass is 79.9. The lowest BCUT2D eigenvalue weighted by atomic mass is 10.1. The predicted molar refractivity (Wildman–Crippen MR) is 98.9 cm³/mol. The normalized spacial score (nSPS) is 12.6. The molecule has 2 aromatic rings. The lowest BCUT2D eigenvalue weighted by molar-refractivity contribution is -0.112. The summed E-state index contributed by atoms with van der Waals surface area (Å²) in [6.45, 7) is 0.133. The van der Waals surface area contributed by atoms with E-state index in [0.29, 0.717) is 32.2 Å². The van der Waals surface area contributed by atoms with Crippen molar-refractivity contribution in [2.75, 3.05) is 12.1 Å². The first-order chi connectivity index (χ1) is 12.0. The van der Waals surface area contributed by atoms with Crippen LogP contribution in [0.4, 0.5) is 5.69 Å². The van der Waals surface area contributed by atoms with Crippen LogP contribution in [0.25, 0.3) is 6.08 Å². The number of ether oxygens (including phenoxy) is 2. The van der Waals surface area contributed by atoms with E-state index in [2.05, 4.69) is 21.2 Å². The monoisotopic (exact) mass is 438 g/mol. The van der Waals surface area contributed by atoms with Gasteiger partial charge in [-0.05, 0) is 35.9 Å². The maximum absolute atomic E-state index is 12.4. The van der Waals surface area contributed by atoms with Gasteiger partial charge in [0.1, 0.15) is 11.6 Å². The molecule has 1 aliphatic rings. The fourth-order valence-corrected chi connectivity index (χ4v) is 2.92. The van der Waals surface area contributed by atoms with Crippen LogP contribution >= 0.6 is 39.1 Å². The molecule has 0 aromatic heterocycles. The van der Waals surface area contributed by atoms with Gasteiger partial charge >= 0.3 is 0 Å². The summed E-state index contributed by atoms with van der Waals surface area (Å²) in [7, 11) is 0. The van der Waals surface area contributed by atoms with Gasteiger partial charge in [-0.25, -0.2) is 0 Å². The molecule has 0 spiro atoms. The molecule has 0 fully saturated rings. The van der Waals surface area contributed by atoms with Crippen molar-refractivity contribution in [1.82, 2.24) is 0 Å². The largest absolute Gasteiger partial charge is 0.454 e. The number of halogens is 3. The maximum atomic E-state index is 12.4. The molecule has 0 atom stereocenters. The third-order valence-electron chi connectivity index (χ3n) is 3.36. The minimum absolute atomic E-state index is 0.101. The summed E-state index contributed by atoms with van der Waals surface area (Å²) < 4.78 is 11.2. The van der Waals surface area contributed by atoms with Crippen LogP contribution in [0.3, 0.4) is 0 Å². The number of fused-ring (bicyclic) bond motifs is 1. The Kier molecular flexibility index (Phi) is 5.19. The molecule has 25 heavy (non-hydrogen) atoms. The van der Waals surface area contributed by atoms with E-state index in [1.165, 1.54) is 6.08 Å². The van der Waals surface area contributed by atoms with Crippen molar-refractivity contribution in [1.29, 1.82) is 5.26 Å². The molecular formula is C17H9BrCl2N2O3. The zero-order valence-corrected chi connectivity index (χ0v) is 15.6. The Morgan fingerprint density at radius 2 is 2.00 bits per heavy atom. The fourth-order valence-electron chi connectivity index (χ4n) is 2.14. The van der Waals surface area contributed by atoms with Gasteiger partial charge < -0.3 is 14.8 Å². The van der Waals surface area contributed by atoms with Crippen molar-refractivity contribution < 1.29 is 14.3 Å². The van der Waals surface area contributed by atoms with Gasteiger partial charge in [-0.3, -0.25) is 4.79 Å². The minimum atomic E-state index is -0.601. The summed E-state index contributed by atoms with van der Waals surface area (Å²) >= 11 is 15.4. The number of carbonyl (C=O) groups is 1. The second kappa shape index (κ2) is 7.36. The number of rotatable bonds is 3. The Hall–Kier alpha value is -2.20. The highest BCUT2D eigenvalue weighted by Gasteiger charge is 2.18. The van der Waals surface area contributed by atoms with E-state index in [0.717, 1.165) is 0 Å². The molecule has 1 heterocycles. The van der Waals surface area contributed by atoms with E-state index in [-0.39, 0.29) is 17.4 Å². The van der Waals surface area contributed by atoms with Crippen LogP contribution in [0.5, 0.6) is 11.5 Å². The van der Waals surface area contributed by atoms with Gasteiger partial charge in [0.05, 0.1) is 15.7 Å². The number of carbonyl (C=O) groups excluding carboxylic acids is 1. The molecule has 0 saturated carbocycles. The molecule has 1 N–H and O–H groups in total. The highest BCUT2D eigenvalue weighted by molar-refractivity contribution is 9.10. The Bertz CT molecular complexity index is 938. The Labute approximate surface area is 161 Å². The average Bonchev–Trinajstić information content (AvgIpc) is 3.03. The van der Waals surface area contributed by atoms with Crippen molar-refractivity contribution in [3.05, 3.63) is 56.0 Å². The number of benzene rings is 2. The van der Waals surface area contributed by atoms with E-state index in [4.69, 9.17) is 32.7 Å². The van der Waals surface area contributed by atoms with Crippen LogP contribution < -0.4 is 14.8 Å². The van der Waals surface area contributed by atoms with Crippen LogP contribution in [-0.2, 0) is 4.79 Å². The Balaban J connectivity index is 1.89. The lowest BCUT2D eigenvalue weighted by Gasteiger charge is -2.08. The fraction of sp³-hybridized carbons (Fsp3) is 0.0588. The molecule has 0 radical (unpaired) electrons. The van der Waals surface area contributed by atoms with E-state index in [9.17, 15) is 10.1 Å². The summed E-state index contributed by atoms with van der Waals surface area (Å²) in [4.78, 5) is 12.4. The Morgan fingerprint density at radius 1 is 1.28 bits per heavy atom. The standard InChI is InChI=1S/C17H9BrCl2N2O3/c18-11-6-15-14(24-8-25-15)5-9(11)4-10(7-21)17(23)22-13-3-1-2-12(19)16(13)20/h1-6H,8H2,(H,22,23)/b10-4+. The van der Waals surface area contributed by atoms with Gasteiger partial charge in [0.25, 0.3) is 5.91 Å². The number of amides is 1. The van der Waals surface area contributed by atoms with E-state index in [1.54, 1.807) is 30.3 Å². The number of hydrogen-bond acceptors (Lipinski definition) is 4. The van der Waals surface area contributed by atoms with E-state index >= 15 is 0 Å². The average molecular weight is 440 g/mol. The van der Waals surface area contributed by atoms with Gasteiger partial charge in [0, 0.05) is 4.47 Å². The molecular weight excluding hydrogens is 431 g/mol. The summed E-state index contributed by atoms with van der Waals surface area (Å²) in [5.74, 6) is 0.541. The van der Waals surface area contributed by atoms with Gasteiger partial charge in [0.15, 0.2) is 11.5 Å². The second-order valence-electron chi connectivity index (χ2n) is 4.95. The Morgan fingerprint density at radius 3 is 2.72 bits per heavy atom. The first-order valence-electron chi connectivity index (χ1n) is 6.96. The van der Waals surface area contributed by atoms with Gasteiger partial charge in [-0.1, -0.05) is 45.2 Å². The van der Waals surface area contributed by atoms with Crippen LogP contribution in [0, 0.1) is 11.3 Å². The first kappa shape index (κ1) is 17.6. The van der Waals surface area contributed by atoms with Crippen LogP contribution in [0.2, 0.25) is 10.0 Å². The molecule has 1 aliphatic heterocycles. The van der Waals surface area contributed by atoms with Crippen LogP contribution in [0.1, 0.15) is 5.56 Å². The molecule has 8 heteroatoms. The summed E-state index contributed by atoms with van der Waals surface area (Å²) in [6, 6.07) is 10.1. The smallest absolute Gasteiger partial charge is 0.266 e. The zero-order chi connectivity index (χ0) is 18.0. The molecule has 2 aromatic carbocycles. The van der Waals surface area contributed by atoms with Gasteiger partial charge in [-0.2, -0.15) is 5.26 Å². The minimum Gasteiger partial charge on any atom is -0.454 e. The van der Waals surface area contributed by atoms with Gasteiger partial charge in [0.2, 0.25) is 6.79 Å². The number of nitrogens with one attached hydrogen (secondary N) is 1. The molecule has 5 nitrogen and oxygen atoms in total. The molecule has 1 amide bonds. The molecule has 3 rings (SSSR count). The van der Waals surface area contributed by atoms with E-state index in [1.807, 2.05) is 6.07 Å². The van der Waals surface area contributed by atoms with Crippen LogP contribution in [0.15, 0.2) is 40.4 Å². The summed E-state index contributed by atoms with van der Waals surface area (Å²) in [5.41, 5.74) is 0.828. The van der Waals surface area contributed by atoms with Gasteiger partial charge in [-0.15, -0.1) is 0 Å². The topological polar surface area (TPSA) is 71.3 Å². The maximum Gasteiger partial charge on any atom is 0.266 e. The van der Waals surface area contributed by atoms with Crippen molar-refractivity contribution in [2.24, 2.45) is 0 Å². The van der Waals surface area contributed by atoms with Crippen LogP contribution in [-0.4, -0.2) is 12.7 Å². The third kappa shape index (κ3) is 3.74. The number of anilines is 1.